The van der Waals surface area contributed by atoms with Crippen LogP contribution < -0.4 is 0 Å². The van der Waals surface area contributed by atoms with E-state index in [0.717, 1.165) is 6.07 Å². The molecule has 0 fully saturated rings. The molecule has 0 unspecified atom stereocenters. The van der Waals surface area contributed by atoms with E-state index in [1.165, 1.54) is 24.3 Å². The third-order valence-electron chi connectivity index (χ3n) is 2.78. The summed E-state index contributed by atoms with van der Waals surface area (Å²) in [5.74, 6) is 0. The Balaban J connectivity index is 2.61. The first-order valence-corrected chi connectivity index (χ1v) is 6.12. The molecule has 102 valence electrons. The molecule has 0 aliphatic rings. The average Bonchev–Trinajstić information content (AvgIpc) is 2.37. The summed E-state index contributed by atoms with van der Waals surface area (Å²) in [6, 6.07) is 11.8. The van der Waals surface area contributed by atoms with Crippen molar-refractivity contribution in [3.05, 3.63) is 58.6 Å². The topological polar surface area (TPSA) is 23.8 Å². The normalized spacial score (nSPS) is 11.2. The molecule has 0 bridgehead atoms. The van der Waals surface area contributed by atoms with E-state index in [-0.39, 0.29) is 12.0 Å². The van der Waals surface area contributed by atoms with E-state index < -0.39 is 11.7 Å². The van der Waals surface area contributed by atoms with Crippen LogP contribution in [0, 0.1) is 11.3 Å². The van der Waals surface area contributed by atoms with Gasteiger partial charge in [0.05, 0.1) is 18.1 Å². The van der Waals surface area contributed by atoms with E-state index in [1.807, 2.05) is 6.07 Å². The fourth-order valence-electron chi connectivity index (χ4n) is 1.98. The van der Waals surface area contributed by atoms with Crippen molar-refractivity contribution in [1.29, 1.82) is 5.26 Å². The number of benzene rings is 2. The SMILES string of the molecule is N#CCc1cc(Cl)cc(-c2ccccc2C(F)(F)F)c1. The van der Waals surface area contributed by atoms with Crippen LogP contribution in [-0.4, -0.2) is 0 Å². The van der Waals surface area contributed by atoms with Gasteiger partial charge in [0.25, 0.3) is 0 Å². The van der Waals surface area contributed by atoms with Gasteiger partial charge in [0.1, 0.15) is 0 Å². The third-order valence-corrected chi connectivity index (χ3v) is 3.00. The van der Waals surface area contributed by atoms with Gasteiger partial charge in [0.2, 0.25) is 0 Å². The Kier molecular flexibility index (Phi) is 4.01. The van der Waals surface area contributed by atoms with E-state index in [1.54, 1.807) is 12.1 Å². The standard InChI is InChI=1S/C15H9ClF3N/c16-12-8-10(5-6-20)7-11(9-12)13-3-1-2-4-14(13)15(17,18)19/h1-4,7-9H,5H2. The van der Waals surface area contributed by atoms with Crippen molar-refractivity contribution < 1.29 is 13.2 Å². The second-order valence-corrected chi connectivity index (χ2v) is 4.66. The van der Waals surface area contributed by atoms with Gasteiger partial charge in [-0.25, -0.2) is 0 Å². The van der Waals surface area contributed by atoms with Crippen molar-refractivity contribution in [2.45, 2.75) is 12.6 Å². The van der Waals surface area contributed by atoms with Gasteiger partial charge < -0.3 is 0 Å². The van der Waals surface area contributed by atoms with Crippen LogP contribution in [0.1, 0.15) is 11.1 Å². The lowest BCUT2D eigenvalue weighted by molar-refractivity contribution is -0.137. The molecule has 20 heavy (non-hydrogen) atoms. The molecule has 2 aromatic rings. The summed E-state index contributed by atoms with van der Waals surface area (Å²) in [6.07, 6.45) is -4.34. The third kappa shape index (κ3) is 3.12. The van der Waals surface area contributed by atoms with Crippen LogP contribution in [0.3, 0.4) is 0 Å². The fourth-order valence-corrected chi connectivity index (χ4v) is 2.24. The van der Waals surface area contributed by atoms with Crippen molar-refractivity contribution in [2.24, 2.45) is 0 Å². The van der Waals surface area contributed by atoms with Gasteiger partial charge in [-0.2, -0.15) is 18.4 Å². The first-order chi connectivity index (χ1) is 9.41. The highest BCUT2D eigenvalue weighted by atomic mass is 35.5. The molecule has 5 heteroatoms. The second kappa shape index (κ2) is 5.56. The molecule has 2 rings (SSSR count). The zero-order chi connectivity index (χ0) is 14.8. The van der Waals surface area contributed by atoms with Gasteiger partial charge in [0.15, 0.2) is 0 Å². The maximum absolute atomic E-state index is 13.0. The lowest BCUT2D eigenvalue weighted by atomic mass is 9.97. The Morgan fingerprint density at radius 1 is 1.10 bits per heavy atom. The Labute approximate surface area is 119 Å². The quantitative estimate of drug-likeness (QED) is 0.757. The first-order valence-electron chi connectivity index (χ1n) is 5.75. The number of hydrogen-bond donors (Lipinski definition) is 0. The predicted molar refractivity (Wildman–Crippen MR) is 71.2 cm³/mol. The van der Waals surface area contributed by atoms with Crippen molar-refractivity contribution in [2.75, 3.05) is 0 Å². The number of halogens is 4. The summed E-state index contributed by atoms with van der Waals surface area (Å²) in [5, 5.41) is 8.99. The summed E-state index contributed by atoms with van der Waals surface area (Å²) in [6.45, 7) is 0. The van der Waals surface area contributed by atoms with Crippen molar-refractivity contribution in [1.82, 2.24) is 0 Å². The van der Waals surface area contributed by atoms with Crippen LogP contribution in [0.25, 0.3) is 11.1 Å². The highest BCUT2D eigenvalue weighted by Gasteiger charge is 2.33. The van der Waals surface area contributed by atoms with Gasteiger partial charge in [-0.15, -0.1) is 0 Å². The van der Waals surface area contributed by atoms with Gasteiger partial charge in [-0.05, 0) is 41.0 Å². The van der Waals surface area contributed by atoms with E-state index in [4.69, 9.17) is 16.9 Å². The maximum Gasteiger partial charge on any atom is 0.417 e. The van der Waals surface area contributed by atoms with Gasteiger partial charge in [-0.3, -0.25) is 0 Å². The van der Waals surface area contributed by atoms with Crippen LogP contribution in [0.2, 0.25) is 5.02 Å². The molecule has 0 radical (unpaired) electrons. The van der Waals surface area contributed by atoms with Crippen LogP contribution >= 0.6 is 11.6 Å². The lowest BCUT2D eigenvalue weighted by Crippen LogP contribution is -2.06. The largest absolute Gasteiger partial charge is 0.417 e. The molecule has 1 nitrogen and oxygen atoms in total. The summed E-state index contributed by atoms with van der Waals surface area (Å²) >= 11 is 5.91. The number of nitriles is 1. The molecule has 0 N–H and O–H groups in total. The van der Waals surface area contributed by atoms with Crippen molar-refractivity contribution >= 4 is 11.6 Å². The highest BCUT2D eigenvalue weighted by molar-refractivity contribution is 6.31. The zero-order valence-electron chi connectivity index (χ0n) is 10.2. The number of nitrogens with zero attached hydrogens (tertiary/aromatic N) is 1. The number of rotatable bonds is 2. The lowest BCUT2D eigenvalue weighted by Gasteiger charge is -2.13. The van der Waals surface area contributed by atoms with Crippen LogP contribution in [0.5, 0.6) is 0 Å². The Hall–Kier alpha value is -1.99. The smallest absolute Gasteiger partial charge is 0.198 e. The molecular weight excluding hydrogens is 287 g/mol. The zero-order valence-corrected chi connectivity index (χ0v) is 11.0. The fraction of sp³-hybridized carbons (Fsp3) is 0.133. The van der Waals surface area contributed by atoms with E-state index in [9.17, 15) is 13.2 Å². The molecule has 0 saturated carbocycles. The average molecular weight is 296 g/mol. The molecule has 0 amide bonds. The van der Waals surface area contributed by atoms with Crippen molar-refractivity contribution in [3.63, 3.8) is 0 Å². The van der Waals surface area contributed by atoms with E-state index in [0.29, 0.717) is 16.1 Å². The van der Waals surface area contributed by atoms with Crippen LogP contribution in [0.15, 0.2) is 42.5 Å². The number of alkyl halides is 3. The van der Waals surface area contributed by atoms with E-state index in [2.05, 4.69) is 0 Å². The monoisotopic (exact) mass is 295 g/mol. The summed E-state index contributed by atoms with van der Waals surface area (Å²) in [7, 11) is 0. The highest BCUT2D eigenvalue weighted by Crippen LogP contribution is 2.37. The Bertz CT molecular complexity index is 672. The molecule has 0 spiro atoms. The molecule has 0 atom stereocenters. The summed E-state index contributed by atoms with van der Waals surface area (Å²) in [5.41, 5.74) is 0.287. The molecule has 0 aliphatic heterocycles. The Morgan fingerprint density at radius 2 is 1.80 bits per heavy atom. The van der Waals surface area contributed by atoms with Gasteiger partial charge in [-0.1, -0.05) is 29.8 Å². The Morgan fingerprint density at radius 3 is 2.45 bits per heavy atom. The molecule has 0 heterocycles. The molecule has 0 aliphatic carbocycles. The predicted octanol–water partition coefficient (Wildman–Crippen LogP) is 5.09. The minimum Gasteiger partial charge on any atom is -0.198 e. The van der Waals surface area contributed by atoms with Gasteiger partial charge >= 0.3 is 6.18 Å². The molecule has 0 aromatic heterocycles. The summed E-state index contributed by atoms with van der Waals surface area (Å²) in [4.78, 5) is 0. The van der Waals surface area contributed by atoms with E-state index >= 15 is 0 Å². The number of hydrogen-bond acceptors (Lipinski definition) is 1. The maximum atomic E-state index is 13.0. The molecular formula is C15H9ClF3N. The summed E-state index contributed by atoms with van der Waals surface area (Å²) < 4.78 is 39.0. The van der Waals surface area contributed by atoms with Gasteiger partial charge in [0, 0.05) is 5.02 Å². The van der Waals surface area contributed by atoms with Crippen LogP contribution in [0.4, 0.5) is 13.2 Å². The second-order valence-electron chi connectivity index (χ2n) is 4.23. The molecule has 2 aromatic carbocycles. The van der Waals surface area contributed by atoms with Crippen LogP contribution in [-0.2, 0) is 12.6 Å². The minimum absolute atomic E-state index is 0.0571. The first kappa shape index (κ1) is 14.4. The molecule has 0 saturated heterocycles. The minimum atomic E-state index is -4.44. The van der Waals surface area contributed by atoms with Crippen molar-refractivity contribution in [3.8, 4) is 17.2 Å².